The zero-order chi connectivity index (χ0) is 19.3. The summed E-state index contributed by atoms with van der Waals surface area (Å²) < 4.78 is 28.4. The van der Waals surface area contributed by atoms with Crippen LogP contribution in [0.4, 0.5) is 5.82 Å². The molecule has 0 saturated carbocycles. The van der Waals surface area contributed by atoms with Crippen molar-refractivity contribution in [2.45, 2.75) is 24.7 Å². The maximum absolute atomic E-state index is 13.4. The average molecular weight is 395 g/mol. The van der Waals surface area contributed by atoms with E-state index in [0.29, 0.717) is 31.1 Å². The highest BCUT2D eigenvalue weighted by atomic mass is 32.2. The molecule has 1 saturated heterocycles. The number of piperazine rings is 1. The second-order valence-corrected chi connectivity index (χ2v) is 9.39. The first kappa shape index (κ1) is 17.6. The standard InChI is InChI=1S/C21H22N4O2S/c1-15-5-10-20(23-22-15)24-11-13-25(14-12-24)28(26,27)19-9-7-17-4-2-3-16-6-8-18(19)21(16)17/h2-5,7,9-10H,6,8,11-14H2,1H3. The van der Waals surface area contributed by atoms with Gasteiger partial charge in [-0.1, -0.05) is 24.3 Å². The lowest BCUT2D eigenvalue weighted by Crippen LogP contribution is -2.49. The van der Waals surface area contributed by atoms with Crippen LogP contribution < -0.4 is 4.90 Å². The molecule has 144 valence electrons. The van der Waals surface area contributed by atoms with Crippen LogP contribution in [0.2, 0.25) is 0 Å². The number of aromatic nitrogens is 2. The summed E-state index contributed by atoms with van der Waals surface area (Å²) in [4.78, 5) is 2.57. The number of anilines is 1. The Morgan fingerprint density at radius 1 is 0.893 bits per heavy atom. The van der Waals surface area contributed by atoms with E-state index in [0.717, 1.165) is 40.7 Å². The number of hydrogen-bond acceptors (Lipinski definition) is 5. The minimum atomic E-state index is -3.50. The molecule has 0 spiro atoms. The number of sulfonamides is 1. The quantitative estimate of drug-likeness (QED) is 0.683. The summed E-state index contributed by atoms with van der Waals surface area (Å²) in [6.07, 6.45) is 1.71. The fourth-order valence-corrected chi connectivity index (χ4v) is 6.01. The minimum absolute atomic E-state index is 0.455. The Kier molecular flexibility index (Phi) is 4.10. The SMILES string of the molecule is Cc1ccc(N2CCN(S(=O)(=O)c3ccc4cccc5c4c3CC5)CC2)nn1. The fourth-order valence-electron chi connectivity index (χ4n) is 4.33. The molecule has 0 unspecified atom stereocenters. The predicted octanol–water partition coefficient (Wildman–Crippen LogP) is 2.55. The first-order chi connectivity index (χ1) is 13.5. The molecule has 1 aliphatic carbocycles. The van der Waals surface area contributed by atoms with Crippen LogP contribution in [0, 0.1) is 6.92 Å². The van der Waals surface area contributed by atoms with Gasteiger partial charge in [0.25, 0.3) is 0 Å². The smallest absolute Gasteiger partial charge is 0.243 e. The zero-order valence-corrected chi connectivity index (χ0v) is 16.6. The molecule has 2 aliphatic rings. The summed E-state index contributed by atoms with van der Waals surface area (Å²) in [7, 11) is -3.50. The Morgan fingerprint density at radius 3 is 2.46 bits per heavy atom. The van der Waals surface area contributed by atoms with E-state index in [1.807, 2.05) is 31.2 Å². The van der Waals surface area contributed by atoms with Gasteiger partial charge in [-0.05, 0) is 59.9 Å². The monoisotopic (exact) mass is 394 g/mol. The highest BCUT2D eigenvalue weighted by Gasteiger charge is 2.32. The van der Waals surface area contributed by atoms with Crippen molar-refractivity contribution < 1.29 is 8.42 Å². The molecule has 0 N–H and O–H groups in total. The number of hydrogen-bond donors (Lipinski definition) is 0. The van der Waals surface area contributed by atoms with Gasteiger partial charge in [0.05, 0.1) is 10.6 Å². The maximum atomic E-state index is 13.4. The Morgan fingerprint density at radius 2 is 1.71 bits per heavy atom. The largest absolute Gasteiger partial charge is 0.352 e. The van der Waals surface area contributed by atoms with Crippen LogP contribution >= 0.6 is 0 Å². The van der Waals surface area contributed by atoms with Gasteiger partial charge >= 0.3 is 0 Å². The van der Waals surface area contributed by atoms with Crippen molar-refractivity contribution in [1.29, 1.82) is 0 Å². The first-order valence-corrected chi connectivity index (χ1v) is 11.1. The van der Waals surface area contributed by atoms with E-state index in [2.05, 4.69) is 27.2 Å². The van der Waals surface area contributed by atoms with Gasteiger partial charge in [-0.25, -0.2) is 8.42 Å². The van der Waals surface area contributed by atoms with Crippen LogP contribution in [0.3, 0.4) is 0 Å². The summed E-state index contributed by atoms with van der Waals surface area (Å²) >= 11 is 0. The van der Waals surface area contributed by atoms with E-state index < -0.39 is 10.0 Å². The second-order valence-electron chi connectivity index (χ2n) is 7.48. The lowest BCUT2D eigenvalue weighted by molar-refractivity contribution is 0.383. The first-order valence-electron chi connectivity index (χ1n) is 9.63. The minimum Gasteiger partial charge on any atom is -0.352 e. The summed E-state index contributed by atoms with van der Waals surface area (Å²) in [6, 6.07) is 13.8. The van der Waals surface area contributed by atoms with Gasteiger partial charge < -0.3 is 4.90 Å². The van der Waals surface area contributed by atoms with E-state index in [4.69, 9.17) is 0 Å². The van der Waals surface area contributed by atoms with Gasteiger partial charge in [0.15, 0.2) is 5.82 Å². The molecule has 7 heteroatoms. The molecule has 0 bridgehead atoms. The molecule has 0 radical (unpaired) electrons. The van der Waals surface area contributed by atoms with Crippen molar-refractivity contribution in [1.82, 2.24) is 14.5 Å². The summed E-state index contributed by atoms with van der Waals surface area (Å²) in [5.74, 6) is 0.802. The van der Waals surface area contributed by atoms with Crippen molar-refractivity contribution in [3.63, 3.8) is 0 Å². The van der Waals surface area contributed by atoms with Gasteiger partial charge in [0, 0.05) is 26.2 Å². The lowest BCUT2D eigenvalue weighted by Gasteiger charge is -2.34. The Bertz CT molecular complexity index is 1150. The summed E-state index contributed by atoms with van der Waals surface area (Å²) in [5, 5.41) is 10.6. The second kappa shape index (κ2) is 6.53. The van der Waals surface area contributed by atoms with Crippen LogP contribution in [0.1, 0.15) is 16.8 Å². The van der Waals surface area contributed by atoms with E-state index in [-0.39, 0.29) is 0 Å². The number of aryl methyl sites for hydroxylation is 3. The van der Waals surface area contributed by atoms with Gasteiger partial charge in [-0.3, -0.25) is 0 Å². The van der Waals surface area contributed by atoms with Crippen molar-refractivity contribution in [2.75, 3.05) is 31.1 Å². The maximum Gasteiger partial charge on any atom is 0.243 e. The Balaban J connectivity index is 1.42. The van der Waals surface area contributed by atoms with Crippen LogP contribution in [0.5, 0.6) is 0 Å². The van der Waals surface area contributed by atoms with Crippen LogP contribution in [-0.4, -0.2) is 49.1 Å². The van der Waals surface area contributed by atoms with Crippen LogP contribution in [0.15, 0.2) is 47.4 Å². The normalized spacial score (nSPS) is 17.4. The van der Waals surface area contributed by atoms with Crippen molar-refractivity contribution in [3.8, 4) is 0 Å². The molecule has 1 aliphatic heterocycles. The van der Waals surface area contributed by atoms with Gasteiger partial charge in [-0.15, -0.1) is 5.10 Å². The van der Waals surface area contributed by atoms with E-state index in [1.165, 1.54) is 5.56 Å². The van der Waals surface area contributed by atoms with Crippen molar-refractivity contribution in [2.24, 2.45) is 0 Å². The molecule has 3 aromatic rings. The molecule has 0 amide bonds. The summed E-state index contributed by atoms with van der Waals surface area (Å²) in [5.41, 5.74) is 3.12. The highest BCUT2D eigenvalue weighted by Crippen LogP contribution is 2.36. The molecule has 1 aromatic heterocycles. The van der Waals surface area contributed by atoms with Crippen molar-refractivity contribution in [3.05, 3.63) is 59.3 Å². The van der Waals surface area contributed by atoms with Crippen LogP contribution in [0.25, 0.3) is 10.8 Å². The predicted molar refractivity (Wildman–Crippen MR) is 109 cm³/mol. The lowest BCUT2D eigenvalue weighted by atomic mass is 10.1. The third-order valence-electron chi connectivity index (χ3n) is 5.81. The molecule has 28 heavy (non-hydrogen) atoms. The molecule has 5 rings (SSSR count). The molecule has 6 nitrogen and oxygen atoms in total. The summed E-state index contributed by atoms with van der Waals surface area (Å²) in [6.45, 7) is 4.05. The zero-order valence-electron chi connectivity index (χ0n) is 15.8. The Hall–Kier alpha value is -2.51. The molecule has 2 heterocycles. The van der Waals surface area contributed by atoms with Gasteiger partial charge in [0.2, 0.25) is 10.0 Å². The third-order valence-corrected chi connectivity index (χ3v) is 7.79. The number of benzene rings is 2. The molecule has 2 aromatic carbocycles. The van der Waals surface area contributed by atoms with Gasteiger partial charge in [-0.2, -0.15) is 9.40 Å². The average Bonchev–Trinajstić information content (AvgIpc) is 3.15. The van der Waals surface area contributed by atoms with E-state index in [1.54, 1.807) is 10.4 Å². The number of nitrogens with zero attached hydrogens (tertiary/aromatic N) is 4. The topological polar surface area (TPSA) is 66.4 Å². The molecular weight excluding hydrogens is 372 g/mol. The van der Waals surface area contributed by atoms with Crippen LogP contribution in [-0.2, 0) is 22.9 Å². The third kappa shape index (κ3) is 2.77. The molecule has 0 atom stereocenters. The van der Waals surface area contributed by atoms with Crippen molar-refractivity contribution >= 4 is 26.6 Å². The van der Waals surface area contributed by atoms with Gasteiger partial charge in [0.1, 0.15) is 0 Å². The van der Waals surface area contributed by atoms with E-state index >= 15 is 0 Å². The number of rotatable bonds is 3. The Labute approximate surface area is 164 Å². The molecule has 1 fully saturated rings. The van der Waals surface area contributed by atoms with E-state index in [9.17, 15) is 8.42 Å². The fraction of sp³-hybridized carbons (Fsp3) is 0.333. The molecular formula is C21H22N4O2S. The highest BCUT2D eigenvalue weighted by molar-refractivity contribution is 7.89.